The summed E-state index contributed by atoms with van der Waals surface area (Å²) in [5.74, 6) is -0.753. The number of aliphatic hydroxyl groups excluding tert-OH is 1. The molecule has 0 unspecified atom stereocenters. The second kappa shape index (κ2) is 6.96. The Labute approximate surface area is 106 Å². The van der Waals surface area contributed by atoms with Crippen molar-refractivity contribution in [3.8, 4) is 0 Å². The van der Waals surface area contributed by atoms with E-state index >= 15 is 0 Å². The lowest BCUT2D eigenvalue weighted by Crippen LogP contribution is -2.28. The van der Waals surface area contributed by atoms with Gasteiger partial charge in [-0.3, -0.25) is 4.79 Å². The minimum absolute atomic E-state index is 0.161. The third-order valence-corrected chi connectivity index (χ3v) is 2.74. The molecule has 100 valence electrons. The van der Waals surface area contributed by atoms with Crippen molar-refractivity contribution >= 4 is 11.6 Å². The summed E-state index contributed by atoms with van der Waals surface area (Å²) < 4.78 is 13.1. The van der Waals surface area contributed by atoms with Gasteiger partial charge in [0.15, 0.2) is 0 Å². The number of hydrogen-bond donors (Lipinski definition) is 2. The summed E-state index contributed by atoms with van der Waals surface area (Å²) >= 11 is 0. The Hall–Kier alpha value is -1.62. The zero-order chi connectivity index (χ0) is 13.5. The van der Waals surface area contributed by atoms with Crippen LogP contribution < -0.4 is 5.73 Å². The van der Waals surface area contributed by atoms with Crippen molar-refractivity contribution in [3.63, 3.8) is 0 Å². The van der Waals surface area contributed by atoms with E-state index in [-0.39, 0.29) is 23.8 Å². The normalized spacial score (nSPS) is 10.4. The van der Waals surface area contributed by atoms with E-state index in [2.05, 4.69) is 0 Å². The zero-order valence-corrected chi connectivity index (χ0v) is 10.5. The number of amides is 1. The highest BCUT2D eigenvalue weighted by Gasteiger charge is 2.15. The summed E-state index contributed by atoms with van der Waals surface area (Å²) in [7, 11) is 1.66. The van der Waals surface area contributed by atoms with Crippen molar-refractivity contribution in [1.29, 1.82) is 0 Å². The molecule has 3 N–H and O–H groups in total. The van der Waals surface area contributed by atoms with Gasteiger partial charge in [0.2, 0.25) is 0 Å². The SMILES string of the molecule is CN(CCCCCO)C(=O)c1cc(F)ccc1N. The molecule has 0 aliphatic rings. The first kappa shape index (κ1) is 14.4. The summed E-state index contributed by atoms with van der Waals surface area (Å²) in [6, 6.07) is 3.78. The Bertz CT molecular complexity index is 410. The van der Waals surface area contributed by atoms with Crippen LogP contribution in [-0.2, 0) is 0 Å². The van der Waals surface area contributed by atoms with Crippen molar-refractivity contribution in [3.05, 3.63) is 29.6 Å². The summed E-state index contributed by atoms with van der Waals surface area (Å²) in [5.41, 5.74) is 6.13. The highest BCUT2D eigenvalue weighted by Crippen LogP contribution is 2.15. The molecule has 1 amide bonds. The molecular weight excluding hydrogens is 235 g/mol. The summed E-state index contributed by atoms with van der Waals surface area (Å²) in [4.78, 5) is 13.5. The first-order chi connectivity index (χ1) is 8.56. The Morgan fingerprint density at radius 3 is 2.78 bits per heavy atom. The molecule has 4 nitrogen and oxygen atoms in total. The number of nitrogens with zero attached hydrogens (tertiary/aromatic N) is 1. The van der Waals surface area contributed by atoms with Crippen molar-refractivity contribution in [2.24, 2.45) is 0 Å². The predicted molar refractivity (Wildman–Crippen MR) is 68.7 cm³/mol. The number of halogens is 1. The average molecular weight is 254 g/mol. The van der Waals surface area contributed by atoms with Gasteiger partial charge < -0.3 is 15.7 Å². The monoisotopic (exact) mass is 254 g/mol. The topological polar surface area (TPSA) is 66.6 Å². The van der Waals surface area contributed by atoms with Crippen LogP contribution in [-0.4, -0.2) is 36.1 Å². The molecule has 0 aliphatic heterocycles. The molecule has 1 aromatic carbocycles. The van der Waals surface area contributed by atoms with Crippen LogP contribution in [0.5, 0.6) is 0 Å². The minimum Gasteiger partial charge on any atom is -0.398 e. The second-order valence-corrected chi connectivity index (χ2v) is 4.24. The molecular formula is C13H19FN2O2. The smallest absolute Gasteiger partial charge is 0.255 e. The molecule has 0 saturated heterocycles. The number of rotatable bonds is 6. The van der Waals surface area contributed by atoms with Gasteiger partial charge in [0.05, 0.1) is 5.56 Å². The lowest BCUT2D eigenvalue weighted by Gasteiger charge is -2.18. The highest BCUT2D eigenvalue weighted by molar-refractivity contribution is 5.98. The number of nitrogens with two attached hydrogens (primary N) is 1. The van der Waals surface area contributed by atoms with Crippen LogP contribution in [0.3, 0.4) is 0 Å². The molecule has 0 aliphatic carbocycles. The molecule has 1 rings (SSSR count). The zero-order valence-electron chi connectivity index (χ0n) is 10.5. The van der Waals surface area contributed by atoms with Crippen LogP contribution in [0, 0.1) is 5.82 Å². The van der Waals surface area contributed by atoms with E-state index in [9.17, 15) is 9.18 Å². The minimum atomic E-state index is -0.471. The van der Waals surface area contributed by atoms with Crippen LogP contribution in [0.4, 0.5) is 10.1 Å². The van der Waals surface area contributed by atoms with Crippen LogP contribution in [0.25, 0.3) is 0 Å². The number of aliphatic hydroxyl groups is 1. The van der Waals surface area contributed by atoms with E-state index in [1.165, 1.54) is 17.0 Å². The fourth-order valence-corrected chi connectivity index (χ4v) is 1.66. The van der Waals surface area contributed by atoms with Crippen molar-refractivity contribution in [2.75, 3.05) is 25.9 Å². The average Bonchev–Trinajstić information content (AvgIpc) is 2.36. The third-order valence-electron chi connectivity index (χ3n) is 2.74. The first-order valence-corrected chi connectivity index (χ1v) is 5.97. The Morgan fingerprint density at radius 1 is 1.39 bits per heavy atom. The maximum Gasteiger partial charge on any atom is 0.255 e. The number of hydrogen-bond acceptors (Lipinski definition) is 3. The second-order valence-electron chi connectivity index (χ2n) is 4.24. The summed E-state index contributed by atoms with van der Waals surface area (Å²) in [6.45, 7) is 0.725. The van der Waals surface area contributed by atoms with E-state index < -0.39 is 5.82 Å². The molecule has 5 heteroatoms. The molecule has 0 aromatic heterocycles. The fourth-order valence-electron chi connectivity index (χ4n) is 1.66. The molecule has 0 saturated carbocycles. The van der Waals surface area contributed by atoms with Crippen molar-refractivity contribution < 1.29 is 14.3 Å². The van der Waals surface area contributed by atoms with E-state index in [1.807, 2.05) is 0 Å². The van der Waals surface area contributed by atoms with Gasteiger partial charge in [-0.2, -0.15) is 0 Å². The quantitative estimate of drug-likeness (QED) is 0.599. The summed E-state index contributed by atoms with van der Waals surface area (Å²) in [5, 5.41) is 8.65. The number of anilines is 1. The third kappa shape index (κ3) is 4.00. The molecule has 0 heterocycles. The lowest BCUT2D eigenvalue weighted by atomic mass is 10.1. The van der Waals surface area contributed by atoms with E-state index in [0.717, 1.165) is 25.3 Å². The molecule has 0 bridgehead atoms. The van der Waals surface area contributed by atoms with Gasteiger partial charge in [-0.15, -0.1) is 0 Å². The van der Waals surface area contributed by atoms with Gasteiger partial charge in [0, 0.05) is 25.9 Å². The van der Waals surface area contributed by atoms with Crippen molar-refractivity contribution in [2.45, 2.75) is 19.3 Å². The Balaban J connectivity index is 2.60. The summed E-state index contributed by atoms with van der Waals surface area (Å²) in [6.07, 6.45) is 2.38. The largest absolute Gasteiger partial charge is 0.398 e. The van der Waals surface area contributed by atoms with Gasteiger partial charge >= 0.3 is 0 Å². The Morgan fingerprint density at radius 2 is 2.11 bits per heavy atom. The molecule has 0 atom stereocenters. The van der Waals surface area contributed by atoms with Crippen LogP contribution in [0.1, 0.15) is 29.6 Å². The number of benzene rings is 1. The standard InChI is InChI=1S/C13H19FN2O2/c1-16(7-3-2-4-8-17)13(18)11-9-10(14)5-6-12(11)15/h5-6,9,17H,2-4,7-8,15H2,1H3. The molecule has 1 aromatic rings. The van der Waals surface area contributed by atoms with Crippen LogP contribution >= 0.6 is 0 Å². The van der Waals surface area contributed by atoms with E-state index in [0.29, 0.717) is 6.54 Å². The highest BCUT2D eigenvalue weighted by atomic mass is 19.1. The molecule has 0 fully saturated rings. The van der Waals surface area contributed by atoms with Crippen LogP contribution in [0.15, 0.2) is 18.2 Å². The van der Waals surface area contributed by atoms with Gasteiger partial charge in [-0.05, 0) is 37.5 Å². The van der Waals surface area contributed by atoms with E-state index in [1.54, 1.807) is 7.05 Å². The maximum atomic E-state index is 13.1. The number of unbranched alkanes of at least 4 members (excludes halogenated alkanes) is 2. The Kier molecular flexibility index (Phi) is 5.58. The van der Waals surface area contributed by atoms with Gasteiger partial charge in [-0.1, -0.05) is 0 Å². The van der Waals surface area contributed by atoms with E-state index in [4.69, 9.17) is 10.8 Å². The van der Waals surface area contributed by atoms with Crippen molar-refractivity contribution in [1.82, 2.24) is 4.90 Å². The molecule has 18 heavy (non-hydrogen) atoms. The fraction of sp³-hybridized carbons (Fsp3) is 0.462. The van der Waals surface area contributed by atoms with Crippen LogP contribution in [0.2, 0.25) is 0 Å². The number of carbonyl (C=O) groups excluding carboxylic acids is 1. The van der Waals surface area contributed by atoms with Gasteiger partial charge in [-0.25, -0.2) is 4.39 Å². The lowest BCUT2D eigenvalue weighted by molar-refractivity contribution is 0.0792. The van der Waals surface area contributed by atoms with Gasteiger partial charge in [0.25, 0.3) is 5.91 Å². The first-order valence-electron chi connectivity index (χ1n) is 5.97. The number of nitrogen functional groups attached to an aromatic ring is 1. The predicted octanol–water partition coefficient (Wildman–Crippen LogP) is 1.64. The van der Waals surface area contributed by atoms with Gasteiger partial charge in [0.1, 0.15) is 5.82 Å². The number of carbonyl (C=O) groups is 1. The maximum absolute atomic E-state index is 13.1. The molecule has 0 radical (unpaired) electrons. The molecule has 0 spiro atoms.